The second-order valence-electron chi connectivity index (χ2n) is 5.93. The van der Waals surface area contributed by atoms with Crippen molar-refractivity contribution in [2.75, 3.05) is 0 Å². The predicted octanol–water partition coefficient (Wildman–Crippen LogP) is 4.87. The largest absolute Gasteiger partial charge is 0.258 e. The smallest absolute Gasteiger partial charge is 0.207 e. The van der Waals surface area contributed by atoms with Gasteiger partial charge >= 0.3 is 0 Å². The molecule has 1 nitrogen and oxygen atoms in total. The molecule has 1 aliphatic rings. The molecule has 0 aromatic heterocycles. The van der Waals surface area contributed by atoms with Gasteiger partial charge in [-0.2, -0.15) is 5.26 Å². The third-order valence-electron chi connectivity index (χ3n) is 4.39. The zero-order valence-corrected chi connectivity index (χ0v) is 13.3. The van der Waals surface area contributed by atoms with E-state index in [1.54, 1.807) is 18.2 Å². The first-order valence-electron chi connectivity index (χ1n) is 7.23. The fourth-order valence-corrected chi connectivity index (χ4v) is 3.60. The van der Waals surface area contributed by atoms with Crippen LogP contribution in [0.3, 0.4) is 0 Å². The SMILES string of the molecule is CC1c2c(S)ccc(Cc3cc(F)cc(C#N)c3)c2CC1(F)F. The molecule has 118 valence electrons. The molecule has 0 N–H and O–H groups in total. The molecule has 2 aromatic carbocycles. The van der Waals surface area contributed by atoms with Gasteiger partial charge in [0, 0.05) is 17.2 Å². The maximum atomic E-state index is 14.1. The van der Waals surface area contributed by atoms with Crippen molar-refractivity contribution in [2.45, 2.75) is 36.5 Å². The normalized spacial score (nSPS) is 18.5. The number of halogens is 3. The summed E-state index contributed by atoms with van der Waals surface area (Å²) < 4.78 is 41.7. The first-order chi connectivity index (χ1) is 10.8. The van der Waals surface area contributed by atoms with E-state index in [1.807, 2.05) is 6.07 Å². The number of alkyl halides is 2. The summed E-state index contributed by atoms with van der Waals surface area (Å²) in [6.45, 7) is 1.51. The zero-order valence-electron chi connectivity index (χ0n) is 12.4. The van der Waals surface area contributed by atoms with Crippen molar-refractivity contribution in [3.05, 3.63) is 64.0 Å². The molecular weight excluding hydrogens is 319 g/mol. The third-order valence-corrected chi connectivity index (χ3v) is 4.78. The summed E-state index contributed by atoms with van der Waals surface area (Å²) in [5, 5.41) is 8.92. The van der Waals surface area contributed by atoms with Gasteiger partial charge in [0.1, 0.15) is 5.82 Å². The number of hydrogen-bond donors (Lipinski definition) is 1. The van der Waals surface area contributed by atoms with Crippen LogP contribution in [0.2, 0.25) is 0 Å². The van der Waals surface area contributed by atoms with E-state index in [-0.39, 0.29) is 12.0 Å². The maximum absolute atomic E-state index is 14.1. The number of hydrogen-bond acceptors (Lipinski definition) is 2. The second-order valence-corrected chi connectivity index (χ2v) is 6.41. The summed E-state index contributed by atoms with van der Waals surface area (Å²) in [4.78, 5) is 0.561. The number of thiol groups is 1. The van der Waals surface area contributed by atoms with Gasteiger partial charge in [-0.15, -0.1) is 12.6 Å². The summed E-state index contributed by atoms with van der Waals surface area (Å²) in [6.07, 6.45) is -0.0146. The molecule has 0 radical (unpaired) electrons. The zero-order chi connectivity index (χ0) is 16.8. The van der Waals surface area contributed by atoms with Gasteiger partial charge < -0.3 is 0 Å². The van der Waals surface area contributed by atoms with Crippen LogP contribution in [0.15, 0.2) is 35.2 Å². The molecule has 0 fully saturated rings. The highest BCUT2D eigenvalue weighted by Crippen LogP contribution is 2.48. The highest BCUT2D eigenvalue weighted by molar-refractivity contribution is 7.80. The molecule has 0 saturated heterocycles. The van der Waals surface area contributed by atoms with Crippen LogP contribution in [-0.2, 0) is 12.8 Å². The Labute approximate surface area is 138 Å². The van der Waals surface area contributed by atoms with Gasteiger partial charge in [0.05, 0.1) is 11.6 Å². The topological polar surface area (TPSA) is 23.8 Å². The molecule has 3 rings (SSSR count). The lowest BCUT2D eigenvalue weighted by Gasteiger charge is -2.15. The quantitative estimate of drug-likeness (QED) is 0.779. The summed E-state index contributed by atoms with van der Waals surface area (Å²) in [5.74, 6) is -4.18. The summed E-state index contributed by atoms with van der Waals surface area (Å²) in [7, 11) is 0. The lowest BCUT2D eigenvalue weighted by molar-refractivity contribution is -0.0103. The lowest BCUT2D eigenvalue weighted by atomic mass is 9.95. The molecule has 1 aliphatic carbocycles. The Balaban J connectivity index is 2.04. The minimum absolute atomic E-state index is 0.223. The average molecular weight is 333 g/mol. The highest BCUT2D eigenvalue weighted by Gasteiger charge is 2.46. The van der Waals surface area contributed by atoms with Crippen molar-refractivity contribution < 1.29 is 13.2 Å². The Morgan fingerprint density at radius 3 is 2.74 bits per heavy atom. The van der Waals surface area contributed by atoms with Gasteiger partial charge in [0.15, 0.2) is 0 Å². The van der Waals surface area contributed by atoms with Crippen LogP contribution in [0.25, 0.3) is 0 Å². The van der Waals surface area contributed by atoms with Crippen molar-refractivity contribution >= 4 is 12.6 Å². The van der Waals surface area contributed by atoms with E-state index in [0.29, 0.717) is 28.0 Å². The number of nitriles is 1. The minimum atomic E-state index is -2.80. The van der Waals surface area contributed by atoms with Crippen LogP contribution >= 0.6 is 12.6 Å². The van der Waals surface area contributed by atoms with Crippen LogP contribution in [0.4, 0.5) is 13.2 Å². The molecule has 0 saturated carbocycles. The Bertz CT molecular complexity index is 824. The van der Waals surface area contributed by atoms with Crippen molar-refractivity contribution in [1.82, 2.24) is 0 Å². The Hall–Kier alpha value is -1.93. The predicted molar refractivity (Wildman–Crippen MR) is 84.7 cm³/mol. The number of rotatable bonds is 2. The van der Waals surface area contributed by atoms with Crippen LogP contribution in [0.5, 0.6) is 0 Å². The van der Waals surface area contributed by atoms with E-state index < -0.39 is 17.7 Å². The van der Waals surface area contributed by atoms with Crippen molar-refractivity contribution in [1.29, 1.82) is 5.26 Å². The maximum Gasteiger partial charge on any atom is 0.258 e. The molecule has 1 unspecified atom stereocenters. The Morgan fingerprint density at radius 2 is 2.04 bits per heavy atom. The first-order valence-corrected chi connectivity index (χ1v) is 7.67. The summed E-state index contributed by atoms with van der Waals surface area (Å²) in [6, 6.07) is 9.44. The van der Waals surface area contributed by atoms with Crippen LogP contribution in [0, 0.1) is 17.1 Å². The average Bonchev–Trinajstić information content (AvgIpc) is 2.73. The van der Waals surface area contributed by atoms with E-state index in [2.05, 4.69) is 12.6 Å². The highest BCUT2D eigenvalue weighted by atomic mass is 32.1. The summed E-state index contributed by atoms with van der Waals surface area (Å²) in [5.41, 5.74) is 2.72. The van der Waals surface area contributed by atoms with Gasteiger partial charge in [0.2, 0.25) is 0 Å². The van der Waals surface area contributed by atoms with Gasteiger partial charge in [-0.05, 0) is 52.9 Å². The van der Waals surface area contributed by atoms with E-state index in [4.69, 9.17) is 5.26 Å². The monoisotopic (exact) mass is 333 g/mol. The minimum Gasteiger partial charge on any atom is -0.207 e. The van der Waals surface area contributed by atoms with Crippen molar-refractivity contribution in [2.24, 2.45) is 0 Å². The molecule has 5 heteroatoms. The Morgan fingerprint density at radius 1 is 1.30 bits per heavy atom. The molecule has 2 aromatic rings. The molecule has 0 aliphatic heterocycles. The van der Waals surface area contributed by atoms with Crippen molar-refractivity contribution in [3.8, 4) is 6.07 Å². The van der Waals surface area contributed by atoms with E-state index in [9.17, 15) is 13.2 Å². The number of fused-ring (bicyclic) bond motifs is 1. The molecule has 0 spiro atoms. The fraction of sp³-hybridized carbons (Fsp3) is 0.278. The van der Waals surface area contributed by atoms with Gasteiger partial charge in [0.25, 0.3) is 5.92 Å². The van der Waals surface area contributed by atoms with Crippen LogP contribution in [-0.4, -0.2) is 5.92 Å². The number of benzene rings is 2. The van der Waals surface area contributed by atoms with Crippen LogP contribution in [0.1, 0.15) is 40.7 Å². The molecule has 0 bridgehead atoms. The van der Waals surface area contributed by atoms with Gasteiger partial charge in [-0.1, -0.05) is 13.0 Å². The second kappa shape index (κ2) is 5.61. The lowest BCUT2D eigenvalue weighted by Crippen LogP contribution is -2.19. The van der Waals surface area contributed by atoms with Gasteiger partial charge in [-0.25, -0.2) is 13.2 Å². The van der Waals surface area contributed by atoms with Crippen molar-refractivity contribution in [3.63, 3.8) is 0 Å². The van der Waals surface area contributed by atoms with Gasteiger partial charge in [-0.3, -0.25) is 0 Å². The van der Waals surface area contributed by atoms with E-state index >= 15 is 0 Å². The Kier molecular flexibility index (Phi) is 3.89. The molecule has 0 heterocycles. The molecule has 1 atom stereocenters. The fourth-order valence-electron chi connectivity index (χ4n) is 3.19. The third kappa shape index (κ3) is 2.84. The standard InChI is InChI=1S/C18H14F3NS/c1-10-17-15(8-18(10,20)21)13(2-3-16(17)23)5-11-4-12(9-22)7-14(19)6-11/h2-4,6-7,10,23H,5,8H2,1H3. The number of nitrogens with zero attached hydrogens (tertiary/aromatic N) is 1. The van der Waals surface area contributed by atoms with E-state index in [1.165, 1.54) is 13.0 Å². The molecule has 0 amide bonds. The first kappa shape index (κ1) is 15.9. The van der Waals surface area contributed by atoms with E-state index in [0.717, 1.165) is 11.6 Å². The molecular formula is C18H14F3NS. The van der Waals surface area contributed by atoms with Crippen LogP contribution < -0.4 is 0 Å². The molecule has 23 heavy (non-hydrogen) atoms. The summed E-state index contributed by atoms with van der Waals surface area (Å²) >= 11 is 4.31.